The Morgan fingerprint density at radius 1 is 1.23 bits per heavy atom. The molecule has 0 saturated carbocycles. The first-order chi connectivity index (χ1) is 12.7. The number of hydrogen-bond donors (Lipinski definition) is 1. The number of hydrogen-bond acceptors (Lipinski definition) is 5. The lowest BCUT2D eigenvalue weighted by atomic mass is 10.0. The highest BCUT2D eigenvalue weighted by Gasteiger charge is 2.33. The molecule has 1 amide bonds. The number of rotatable bonds is 2. The van der Waals surface area contributed by atoms with E-state index in [4.69, 9.17) is 0 Å². The minimum Gasteiger partial charge on any atom is -0.333 e. The van der Waals surface area contributed by atoms with Gasteiger partial charge < -0.3 is 9.80 Å². The maximum atomic E-state index is 13.3. The molecular weight excluding hydrogens is 346 g/mol. The minimum atomic E-state index is 0.0532. The fourth-order valence-corrected chi connectivity index (χ4v) is 4.85. The van der Waals surface area contributed by atoms with E-state index in [1.54, 1.807) is 11.3 Å². The van der Waals surface area contributed by atoms with Crippen LogP contribution in [0.25, 0.3) is 21.5 Å². The Kier molecular flexibility index (Phi) is 3.79. The number of aromatic nitrogens is 3. The van der Waals surface area contributed by atoms with E-state index in [1.165, 1.54) is 4.88 Å². The highest BCUT2D eigenvalue weighted by molar-refractivity contribution is 7.14. The molecule has 2 bridgehead atoms. The van der Waals surface area contributed by atoms with E-state index in [0.29, 0.717) is 11.7 Å². The SMILES string of the molecule is Cc1cnc(-c2ccc3[nH]nc(C(=O)N4CCN5CCC4CC5)c3c2)s1. The third kappa shape index (κ3) is 2.62. The first kappa shape index (κ1) is 16.0. The van der Waals surface area contributed by atoms with E-state index in [9.17, 15) is 4.79 Å². The van der Waals surface area contributed by atoms with Gasteiger partial charge in [-0.15, -0.1) is 11.3 Å². The van der Waals surface area contributed by atoms with Crippen molar-refractivity contribution < 1.29 is 4.79 Å². The molecule has 134 valence electrons. The number of aryl methyl sites for hydroxylation is 1. The van der Waals surface area contributed by atoms with Crippen LogP contribution in [0, 0.1) is 6.92 Å². The molecular formula is C19H21N5OS. The van der Waals surface area contributed by atoms with Crippen LogP contribution in [0.5, 0.6) is 0 Å². The average molecular weight is 367 g/mol. The molecule has 26 heavy (non-hydrogen) atoms. The lowest BCUT2D eigenvalue weighted by Gasteiger charge is -2.31. The van der Waals surface area contributed by atoms with Gasteiger partial charge in [0.1, 0.15) is 5.01 Å². The zero-order chi connectivity index (χ0) is 17.7. The van der Waals surface area contributed by atoms with Crippen molar-refractivity contribution in [2.24, 2.45) is 0 Å². The van der Waals surface area contributed by atoms with Gasteiger partial charge in [0, 0.05) is 54.2 Å². The zero-order valence-corrected chi connectivity index (χ0v) is 15.6. The largest absolute Gasteiger partial charge is 0.333 e. The topological polar surface area (TPSA) is 65.1 Å². The number of carbonyl (C=O) groups excluding carboxylic acids is 1. The molecule has 3 fully saturated rings. The van der Waals surface area contributed by atoms with Gasteiger partial charge in [-0.2, -0.15) is 5.10 Å². The second kappa shape index (κ2) is 6.17. The maximum absolute atomic E-state index is 13.3. The third-order valence-electron chi connectivity index (χ3n) is 5.55. The Balaban J connectivity index is 1.53. The number of aromatic amines is 1. The van der Waals surface area contributed by atoms with Crippen LogP contribution in [0.4, 0.5) is 0 Å². The number of thiazole rings is 1. The summed E-state index contributed by atoms with van der Waals surface area (Å²) in [6, 6.07) is 6.42. The summed E-state index contributed by atoms with van der Waals surface area (Å²) in [5, 5.41) is 9.27. The van der Waals surface area contributed by atoms with Crippen molar-refractivity contribution in [1.82, 2.24) is 25.0 Å². The Bertz CT molecular complexity index is 969. The van der Waals surface area contributed by atoms with Crippen molar-refractivity contribution in [1.29, 1.82) is 0 Å². The van der Waals surface area contributed by atoms with Crippen LogP contribution < -0.4 is 0 Å². The average Bonchev–Trinajstić information content (AvgIpc) is 3.16. The molecule has 6 nitrogen and oxygen atoms in total. The molecule has 3 aromatic rings. The van der Waals surface area contributed by atoms with E-state index in [1.807, 2.05) is 29.3 Å². The highest BCUT2D eigenvalue weighted by Crippen LogP contribution is 2.30. The van der Waals surface area contributed by atoms with Gasteiger partial charge in [-0.1, -0.05) is 0 Å². The summed E-state index contributed by atoms with van der Waals surface area (Å²) in [4.78, 5) is 23.4. The number of carbonyl (C=O) groups is 1. The summed E-state index contributed by atoms with van der Waals surface area (Å²) < 4.78 is 0. The molecule has 7 heteroatoms. The summed E-state index contributed by atoms with van der Waals surface area (Å²) in [6.07, 6.45) is 4.02. The summed E-state index contributed by atoms with van der Waals surface area (Å²) >= 11 is 1.66. The van der Waals surface area contributed by atoms with Crippen molar-refractivity contribution in [3.8, 4) is 10.6 Å². The third-order valence-corrected chi connectivity index (χ3v) is 6.51. The van der Waals surface area contributed by atoms with Crippen molar-refractivity contribution >= 4 is 28.1 Å². The normalized spacial score (nSPS) is 22.7. The van der Waals surface area contributed by atoms with Crippen molar-refractivity contribution in [3.63, 3.8) is 0 Å². The number of fused-ring (bicyclic) bond motifs is 5. The van der Waals surface area contributed by atoms with Gasteiger partial charge in [0.15, 0.2) is 5.69 Å². The van der Waals surface area contributed by atoms with E-state index in [2.05, 4.69) is 27.0 Å². The van der Waals surface area contributed by atoms with Crippen molar-refractivity contribution in [3.05, 3.63) is 35.0 Å². The summed E-state index contributed by atoms with van der Waals surface area (Å²) in [7, 11) is 0. The molecule has 0 aliphatic carbocycles. The van der Waals surface area contributed by atoms with Gasteiger partial charge in [-0.05, 0) is 38.0 Å². The molecule has 1 N–H and O–H groups in total. The first-order valence-electron chi connectivity index (χ1n) is 9.13. The molecule has 6 rings (SSSR count). The number of nitrogens with one attached hydrogen (secondary N) is 1. The molecule has 3 aliphatic heterocycles. The second-order valence-corrected chi connectivity index (χ2v) is 8.41. The molecule has 0 atom stereocenters. The molecule has 2 aromatic heterocycles. The molecule has 0 unspecified atom stereocenters. The molecule has 1 aromatic carbocycles. The molecule has 3 aliphatic rings. The van der Waals surface area contributed by atoms with Crippen LogP contribution in [0.2, 0.25) is 0 Å². The Hall–Kier alpha value is -2.25. The molecule has 5 heterocycles. The van der Waals surface area contributed by atoms with E-state index in [0.717, 1.165) is 60.5 Å². The molecule has 3 saturated heterocycles. The van der Waals surface area contributed by atoms with Crippen LogP contribution in [0.3, 0.4) is 0 Å². The lowest BCUT2D eigenvalue weighted by molar-refractivity contribution is 0.0681. The smallest absolute Gasteiger partial charge is 0.275 e. The summed E-state index contributed by atoms with van der Waals surface area (Å²) in [5.41, 5.74) is 2.47. The minimum absolute atomic E-state index is 0.0532. The van der Waals surface area contributed by atoms with Gasteiger partial charge in [-0.25, -0.2) is 4.98 Å². The van der Waals surface area contributed by atoms with E-state index in [-0.39, 0.29) is 5.91 Å². The Morgan fingerprint density at radius 3 is 2.85 bits per heavy atom. The van der Waals surface area contributed by atoms with Crippen molar-refractivity contribution in [2.45, 2.75) is 25.8 Å². The van der Waals surface area contributed by atoms with E-state index < -0.39 is 0 Å². The predicted octanol–water partition coefficient (Wildman–Crippen LogP) is 2.92. The van der Waals surface area contributed by atoms with Crippen LogP contribution >= 0.6 is 11.3 Å². The fourth-order valence-electron chi connectivity index (χ4n) is 4.09. The fraction of sp³-hybridized carbons (Fsp3) is 0.421. The zero-order valence-electron chi connectivity index (χ0n) is 14.7. The highest BCUT2D eigenvalue weighted by atomic mass is 32.1. The number of H-pyrrole nitrogens is 1. The molecule has 0 spiro atoms. The van der Waals surface area contributed by atoms with Gasteiger partial charge >= 0.3 is 0 Å². The van der Waals surface area contributed by atoms with Gasteiger partial charge in [0.25, 0.3) is 5.91 Å². The van der Waals surface area contributed by atoms with Crippen LogP contribution in [0.1, 0.15) is 28.2 Å². The predicted molar refractivity (Wildman–Crippen MR) is 102 cm³/mol. The van der Waals surface area contributed by atoms with Crippen LogP contribution in [-0.4, -0.2) is 63.1 Å². The first-order valence-corrected chi connectivity index (χ1v) is 9.95. The second-order valence-electron chi connectivity index (χ2n) is 7.18. The Labute approximate surface area is 155 Å². The maximum Gasteiger partial charge on any atom is 0.275 e. The number of benzene rings is 1. The van der Waals surface area contributed by atoms with Gasteiger partial charge in [0.05, 0.1) is 5.52 Å². The monoisotopic (exact) mass is 367 g/mol. The van der Waals surface area contributed by atoms with Crippen LogP contribution in [0.15, 0.2) is 24.4 Å². The quantitative estimate of drug-likeness (QED) is 0.756. The number of piperidine rings is 1. The number of amides is 1. The van der Waals surface area contributed by atoms with Crippen LogP contribution in [-0.2, 0) is 0 Å². The summed E-state index contributed by atoms with van der Waals surface area (Å²) in [5.74, 6) is 0.0532. The molecule has 0 radical (unpaired) electrons. The van der Waals surface area contributed by atoms with Gasteiger partial charge in [0.2, 0.25) is 0 Å². The van der Waals surface area contributed by atoms with Crippen molar-refractivity contribution in [2.75, 3.05) is 26.2 Å². The standard InChI is InChI=1S/C19H21N5OS/c1-12-11-20-18(26-12)13-2-3-16-15(10-13)17(22-21-16)19(25)24-9-8-23-6-4-14(24)5-7-23/h2-3,10-11,14H,4-9H2,1H3,(H,21,22). The van der Waals surface area contributed by atoms with Gasteiger partial charge in [-0.3, -0.25) is 9.89 Å². The van der Waals surface area contributed by atoms with E-state index >= 15 is 0 Å². The lowest BCUT2D eigenvalue weighted by Crippen LogP contribution is -2.41. The Morgan fingerprint density at radius 2 is 2.08 bits per heavy atom. The number of nitrogens with zero attached hydrogens (tertiary/aromatic N) is 4. The summed E-state index contributed by atoms with van der Waals surface area (Å²) in [6.45, 7) is 6.01.